The number of nitrogens with zero attached hydrogens (tertiary/aromatic N) is 1. The van der Waals surface area contributed by atoms with Gasteiger partial charge in [0.1, 0.15) is 0 Å². The number of rotatable bonds is 3. The standard InChI is InChI=1S/C15H24N2O/c1-11(16)13-3-5-15(6-4-13)17-9-7-14(8-10-17)12(2)18/h3-6,11-12,14,18H,7-10,16H2,1-2H3/t11-,12?/m1/s1. The van der Waals surface area contributed by atoms with Crippen LogP contribution in [-0.2, 0) is 0 Å². The fourth-order valence-electron chi connectivity index (χ4n) is 2.63. The smallest absolute Gasteiger partial charge is 0.0541 e. The van der Waals surface area contributed by atoms with Crippen molar-refractivity contribution >= 4 is 5.69 Å². The number of aliphatic hydroxyl groups is 1. The molecule has 3 nitrogen and oxygen atoms in total. The lowest BCUT2D eigenvalue weighted by Gasteiger charge is -2.34. The molecule has 1 unspecified atom stereocenters. The number of nitrogens with two attached hydrogens (primary N) is 1. The average Bonchev–Trinajstić information content (AvgIpc) is 2.39. The summed E-state index contributed by atoms with van der Waals surface area (Å²) in [5.74, 6) is 0.463. The largest absolute Gasteiger partial charge is 0.393 e. The highest BCUT2D eigenvalue weighted by Crippen LogP contribution is 2.26. The quantitative estimate of drug-likeness (QED) is 0.863. The van der Waals surface area contributed by atoms with Gasteiger partial charge in [-0.2, -0.15) is 0 Å². The molecule has 0 aliphatic carbocycles. The Morgan fingerprint density at radius 3 is 2.17 bits per heavy atom. The maximum atomic E-state index is 9.60. The summed E-state index contributed by atoms with van der Waals surface area (Å²) >= 11 is 0. The highest BCUT2D eigenvalue weighted by molar-refractivity contribution is 5.48. The second-order valence-electron chi connectivity index (χ2n) is 5.45. The summed E-state index contributed by atoms with van der Waals surface area (Å²) in [6.45, 7) is 5.97. The molecule has 0 radical (unpaired) electrons. The van der Waals surface area contributed by atoms with Gasteiger partial charge >= 0.3 is 0 Å². The molecule has 1 fully saturated rings. The van der Waals surface area contributed by atoms with E-state index in [1.54, 1.807) is 0 Å². The SMILES string of the molecule is CC(O)C1CCN(c2ccc([C@@H](C)N)cc2)CC1. The van der Waals surface area contributed by atoms with Crippen molar-refractivity contribution in [3.05, 3.63) is 29.8 Å². The lowest BCUT2D eigenvalue weighted by molar-refractivity contribution is 0.110. The topological polar surface area (TPSA) is 49.5 Å². The molecule has 1 saturated heterocycles. The summed E-state index contributed by atoms with van der Waals surface area (Å²) in [6, 6.07) is 8.63. The van der Waals surface area contributed by atoms with Crippen LogP contribution in [0.15, 0.2) is 24.3 Å². The van der Waals surface area contributed by atoms with Gasteiger partial charge in [-0.05, 0) is 50.3 Å². The van der Waals surface area contributed by atoms with E-state index in [9.17, 15) is 5.11 Å². The molecule has 0 saturated carbocycles. The average molecular weight is 248 g/mol. The van der Waals surface area contributed by atoms with Gasteiger partial charge in [-0.3, -0.25) is 0 Å². The molecule has 0 aromatic heterocycles. The van der Waals surface area contributed by atoms with Crippen LogP contribution in [0.3, 0.4) is 0 Å². The van der Waals surface area contributed by atoms with E-state index >= 15 is 0 Å². The van der Waals surface area contributed by atoms with Gasteiger partial charge in [0.2, 0.25) is 0 Å². The van der Waals surface area contributed by atoms with E-state index in [1.807, 2.05) is 13.8 Å². The lowest BCUT2D eigenvalue weighted by atomic mass is 9.92. The van der Waals surface area contributed by atoms with Gasteiger partial charge in [-0.25, -0.2) is 0 Å². The van der Waals surface area contributed by atoms with E-state index in [0.717, 1.165) is 25.9 Å². The number of aliphatic hydroxyl groups excluding tert-OH is 1. The third kappa shape index (κ3) is 3.03. The molecule has 3 heteroatoms. The van der Waals surface area contributed by atoms with E-state index < -0.39 is 0 Å². The maximum absolute atomic E-state index is 9.60. The van der Waals surface area contributed by atoms with E-state index in [1.165, 1.54) is 11.3 Å². The second-order valence-corrected chi connectivity index (χ2v) is 5.45. The molecule has 2 atom stereocenters. The normalized spacial score (nSPS) is 20.8. The van der Waals surface area contributed by atoms with Crippen LogP contribution in [0, 0.1) is 5.92 Å². The summed E-state index contributed by atoms with van der Waals surface area (Å²) in [4.78, 5) is 2.39. The summed E-state index contributed by atoms with van der Waals surface area (Å²) in [5.41, 5.74) is 8.30. The Hall–Kier alpha value is -1.06. The molecule has 1 heterocycles. The Kier molecular flexibility index (Phi) is 4.25. The van der Waals surface area contributed by atoms with Crippen LogP contribution in [0.5, 0.6) is 0 Å². The first kappa shape index (κ1) is 13.4. The van der Waals surface area contributed by atoms with Crippen molar-refractivity contribution in [2.75, 3.05) is 18.0 Å². The highest BCUT2D eigenvalue weighted by Gasteiger charge is 2.22. The highest BCUT2D eigenvalue weighted by atomic mass is 16.3. The van der Waals surface area contributed by atoms with Crippen molar-refractivity contribution in [1.82, 2.24) is 0 Å². The first-order valence-electron chi connectivity index (χ1n) is 6.86. The molecule has 0 amide bonds. The molecular weight excluding hydrogens is 224 g/mol. The zero-order valence-corrected chi connectivity index (χ0v) is 11.3. The number of anilines is 1. The fourth-order valence-corrected chi connectivity index (χ4v) is 2.63. The van der Waals surface area contributed by atoms with Crippen molar-refractivity contribution in [2.24, 2.45) is 11.7 Å². The van der Waals surface area contributed by atoms with E-state index in [0.29, 0.717) is 5.92 Å². The van der Waals surface area contributed by atoms with Gasteiger partial charge in [0, 0.05) is 24.8 Å². The van der Waals surface area contributed by atoms with Crippen molar-refractivity contribution < 1.29 is 5.11 Å². The minimum absolute atomic E-state index is 0.0972. The molecule has 3 N–H and O–H groups in total. The Labute approximate surface area is 110 Å². The van der Waals surface area contributed by atoms with Gasteiger partial charge in [0.25, 0.3) is 0 Å². The first-order valence-corrected chi connectivity index (χ1v) is 6.86. The van der Waals surface area contributed by atoms with Crippen molar-refractivity contribution in [3.8, 4) is 0 Å². The van der Waals surface area contributed by atoms with Gasteiger partial charge < -0.3 is 15.7 Å². The molecule has 1 aliphatic rings. The lowest BCUT2D eigenvalue weighted by Crippen LogP contribution is -2.37. The van der Waals surface area contributed by atoms with Crippen molar-refractivity contribution in [2.45, 2.75) is 38.8 Å². The molecule has 0 spiro atoms. The van der Waals surface area contributed by atoms with E-state index in [4.69, 9.17) is 5.73 Å². The minimum Gasteiger partial charge on any atom is -0.393 e. The molecule has 0 bridgehead atoms. The van der Waals surface area contributed by atoms with Gasteiger partial charge in [0.05, 0.1) is 6.10 Å². The predicted molar refractivity (Wildman–Crippen MR) is 75.7 cm³/mol. The number of hydrogen-bond acceptors (Lipinski definition) is 3. The zero-order valence-electron chi connectivity index (χ0n) is 11.3. The van der Waals surface area contributed by atoms with Gasteiger partial charge in [-0.1, -0.05) is 12.1 Å². The van der Waals surface area contributed by atoms with Crippen molar-refractivity contribution in [1.29, 1.82) is 0 Å². The summed E-state index contributed by atoms with van der Waals surface area (Å²) < 4.78 is 0. The van der Waals surface area contributed by atoms with Crippen LogP contribution in [0.4, 0.5) is 5.69 Å². The first-order chi connectivity index (χ1) is 8.58. The molecule has 1 aliphatic heterocycles. The Morgan fingerprint density at radius 2 is 1.72 bits per heavy atom. The Morgan fingerprint density at radius 1 is 1.17 bits per heavy atom. The Bertz CT molecular complexity index is 365. The van der Waals surface area contributed by atoms with E-state index in [-0.39, 0.29) is 12.1 Å². The number of benzene rings is 1. The maximum Gasteiger partial charge on any atom is 0.0541 e. The molecule has 1 aromatic rings. The van der Waals surface area contributed by atoms with Gasteiger partial charge in [-0.15, -0.1) is 0 Å². The van der Waals surface area contributed by atoms with Crippen LogP contribution in [0.2, 0.25) is 0 Å². The monoisotopic (exact) mass is 248 g/mol. The molecule has 1 aromatic carbocycles. The van der Waals surface area contributed by atoms with Crippen molar-refractivity contribution in [3.63, 3.8) is 0 Å². The molecular formula is C15H24N2O. The number of piperidine rings is 1. The molecule has 18 heavy (non-hydrogen) atoms. The number of hydrogen-bond donors (Lipinski definition) is 2. The third-order valence-electron chi connectivity index (χ3n) is 4.01. The molecule has 2 rings (SSSR count). The molecule has 100 valence electrons. The summed E-state index contributed by atoms with van der Waals surface area (Å²) in [5, 5.41) is 9.60. The van der Waals surface area contributed by atoms with Crippen LogP contribution in [0.1, 0.15) is 38.3 Å². The summed E-state index contributed by atoms with van der Waals surface area (Å²) in [6.07, 6.45) is 1.98. The van der Waals surface area contributed by atoms with Crippen LogP contribution < -0.4 is 10.6 Å². The second kappa shape index (κ2) is 5.72. The van der Waals surface area contributed by atoms with Crippen LogP contribution in [-0.4, -0.2) is 24.3 Å². The Balaban J connectivity index is 1.97. The van der Waals surface area contributed by atoms with Crippen LogP contribution >= 0.6 is 0 Å². The third-order valence-corrected chi connectivity index (χ3v) is 4.01. The minimum atomic E-state index is -0.174. The van der Waals surface area contributed by atoms with E-state index in [2.05, 4.69) is 29.2 Å². The van der Waals surface area contributed by atoms with Crippen LogP contribution in [0.25, 0.3) is 0 Å². The predicted octanol–water partition coefficient (Wildman–Crippen LogP) is 2.30. The zero-order chi connectivity index (χ0) is 13.1. The fraction of sp³-hybridized carbons (Fsp3) is 0.600. The van der Waals surface area contributed by atoms with Gasteiger partial charge in [0.15, 0.2) is 0 Å². The summed E-state index contributed by atoms with van der Waals surface area (Å²) in [7, 11) is 0.